The fourth-order valence-electron chi connectivity index (χ4n) is 1.38. The van der Waals surface area contributed by atoms with Crippen LogP contribution in [-0.2, 0) is 0 Å². The zero-order valence-electron chi connectivity index (χ0n) is 9.15. The zero-order chi connectivity index (χ0) is 13.1. The van der Waals surface area contributed by atoms with Crippen molar-refractivity contribution in [2.75, 3.05) is 11.1 Å². The second-order valence-electron chi connectivity index (χ2n) is 3.54. The Kier molecular flexibility index (Phi) is 3.57. The third-order valence-electron chi connectivity index (χ3n) is 2.28. The molecule has 92 valence electrons. The molecule has 0 aliphatic carbocycles. The monoisotopic (exact) mass is 309 g/mol. The van der Waals surface area contributed by atoms with Gasteiger partial charge < -0.3 is 11.1 Å². The van der Waals surface area contributed by atoms with Gasteiger partial charge in [0.15, 0.2) is 0 Å². The third kappa shape index (κ3) is 2.65. The first-order chi connectivity index (χ1) is 8.58. The Morgan fingerprint density at radius 3 is 2.83 bits per heavy atom. The van der Waals surface area contributed by atoms with Gasteiger partial charge in [-0.1, -0.05) is 0 Å². The molecule has 0 bridgehead atoms. The molecule has 0 spiro atoms. The summed E-state index contributed by atoms with van der Waals surface area (Å²) in [5.41, 5.74) is 6.73. The number of carbonyl (C=O) groups excluding carboxylic acids is 1. The highest BCUT2D eigenvalue weighted by Crippen LogP contribution is 2.24. The predicted octanol–water partition coefficient (Wildman–Crippen LogP) is 2.82. The van der Waals surface area contributed by atoms with Crippen LogP contribution < -0.4 is 11.1 Å². The summed E-state index contributed by atoms with van der Waals surface area (Å²) >= 11 is 3.17. The van der Waals surface area contributed by atoms with Crippen molar-refractivity contribution in [3.8, 4) is 0 Å². The normalized spacial score (nSPS) is 10.1. The van der Waals surface area contributed by atoms with E-state index in [-0.39, 0.29) is 11.4 Å². The summed E-state index contributed by atoms with van der Waals surface area (Å²) in [6, 6.07) is 5.52. The molecule has 3 N–H and O–H groups in total. The highest BCUT2D eigenvalue weighted by atomic mass is 79.9. The fourth-order valence-corrected chi connectivity index (χ4v) is 1.83. The van der Waals surface area contributed by atoms with Crippen LogP contribution in [0, 0.1) is 5.82 Å². The summed E-state index contributed by atoms with van der Waals surface area (Å²) in [4.78, 5) is 15.8. The largest absolute Gasteiger partial charge is 0.398 e. The van der Waals surface area contributed by atoms with Crippen molar-refractivity contribution in [1.29, 1.82) is 0 Å². The number of pyridine rings is 1. The quantitative estimate of drug-likeness (QED) is 0.896. The lowest BCUT2D eigenvalue weighted by atomic mass is 10.2. The average Bonchev–Trinajstić information content (AvgIpc) is 2.33. The van der Waals surface area contributed by atoms with Gasteiger partial charge in [-0.25, -0.2) is 4.39 Å². The van der Waals surface area contributed by atoms with Gasteiger partial charge in [0.05, 0.1) is 11.3 Å². The number of nitrogens with zero attached hydrogens (tertiary/aromatic N) is 1. The van der Waals surface area contributed by atoms with Crippen LogP contribution in [0.5, 0.6) is 0 Å². The smallest absolute Gasteiger partial charge is 0.259 e. The van der Waals surface area contributed by atoms with Crippen LogP contribution in [0.3, 0.4) is 0 Å². The number of amides is 1. The minimum atomic E-state index is -0.395. The summed E-state index contributed by atoms with van der Waals surface area (Å²) in [6.45, 7) is 0. The number of benzene rings is 1. The Balaban J connectivity index is 2.24. The molecule has 0 aliphatic heterocycles. The van der Waals surface area contributed by atoms with Crippen molar-refractivity contribution >= 4 is 33.2 Å². The van der Waals surface area contributed by atoms with Gasteiger partial charge in [-0.3, -0.25) is 9.78 Å². The number of aromatic nitrogens is 1. The van der Waals surface area contributed by atoms with Crippen LogP contribution >= 0.6 is 15.9 Å². The summed E-state index contributed by atoms with van der Waals surface area (Å²) in [5.74, 6) is -0.784. The molecule has 0 fully saturated rings. The molecule has 0 saturated carbocycles. The topological polar surface area (TPSA) is 68.0 Å². The van der Waals surface area contributed by atoms with Crippen molar-refractivity contribution < 1.29 is 9.18 Å². The van der Waals surface area contributed by atoms with Gasteiger partial charge in [-0.15, -0.1) is 0 Å². The second-order valence-corrected chi connectivity index (χ2v) is 4.40. The van der Waals surface area contributed by atoms with Gasteiger partial charge in [0, 0.05) is 22.6 Å². The molecule has 1 aromatic heterocycles. The lowest BCUT2D eigenvalue weighted by Gasteiger charge is -2.08. The molecule has 18 heavy (non-hydrogen) atoms. The first kappa shape index (κ1) is 12.5. The molecule has 1 amide bonds. The van der Waals surface area contributed by atoms with Gasteiger partial charge in [0.2, 0.25) is 0 Å². The molecule has 0 radical (unpaired) electrons. The Bertz CT molecular complexity index is 604. The van der Waals surface area contributed by atoms with Gasteiger partial charge >= 0.3 is 0 Å². The van der Waals surface area contributed by atoms with E-state index in [9.17, 15) is 9.18 Å². The number of hydrogen-bond acceptors (Lipinski definition) is 3. The summed E-state index contributed by atoms with van der Waals surface area (Å²) in [7, 11) is 0. The third-order valence-corrected chi connectivity index (χ3v) is 2.93. The SMILES string of the molecule is Nc1ccncc1C(=O)Nc1ccc(F)cc1Br. The Morgan fingerprint density at radius 1 is 1.39 bits per heavy atom. The number of anilines is 2. The highest BCUT2D eigenvalue weighted by molar-refractivity contribution is 9.10. The number of carbonyl (C=O) groups is 1. The highest BCUT2D eigenvalue weighted by Gasteiger charge is 2.11. The van der Waals surface area contributed by atoms with Crippen molar-refractivity contribution in [2.24, 2.45) is 0 Å². The summed E-state index contributed by atoms with van der Waals surface area (Å²) < 4.78 is 13.4. The maximum Gasteiger partial charge on any atom is 0.259 e. The van der Waals surface area contributed by atoms with Crippen LogP contribution in [0.2, 0.25) is 0 Å². The van der Waals surface area contributed by atoms with E-state index in [0.717, 1.165) is 0 Å². The van der Waals surface area contributed by atoms with E-state index in [2.05, 4.69) is 26.2 Å². The van der Waals surface area contributed by atoms with E-state index in [1.807, 2.05) is 0 Å². The average molecular weight is 310 g/mol. The molecule has 4 nitrogen and oxygen atoms in total. The van der Waals surface area contributed by atoms with Crippen molar-refractivity contribution in [2.45, 2.75) is 0 Å². The summed E-state index contributed by atoms with van der Waals surface area (Å²) in [5, 5.41) is 2.62. The Labute approximate surface area is 111 Å². The predicted molar refractivity (Wildman–Crippen MR) is 70.7 cm³/mol. The Hall–Kier alpha value is -1.95. The van der Waals surface area contributed by atoms with E-state index in [1.54, 1.807) is 0 Å². The van der Waals surface area contributed by atoms with Gasteiger partial charge in [0.1, 0.15) is 5.82 Å². The van der Waals surface area contributed by atoms with Gasteiger partial charge in [0.25, 0.3) is 5.91 Å². The van der Waals surface area contributed by atoms with Crippen LogP contribution in [0.25, 0.3) is 0 Å². The van der Waals surface area contributed by atoms with E-state index < -0.39 is 5.91 Å². The standard InChI is InChI=1S/C12H9BrFN3O/c13-9-5-7(14)1-2-11(9)17-12(18)8-6-16-4-3-10(8)15/h1-6H,(H2,15,16)(H,17,18). The van der Waals surface area contributed by atoms with E-state index in [4.69, 9.17) is 5.73 Å². The minimum absolute atomic E-state index is 0.272. The van der Waals surface area contributed by atoms with Crippen molar-refractivity contribution in [3.05, 3.63) is 52.5 Å². The molecular weight excluding hydrogens is 301 g/mol. The fraction of sp³-hybridized carbons (Fsp3) is 0. The van der Waals surface area contributed by atoms with Gasteiger partial charge in [-0.2, -0.15) is 0 Å². The van der Waals surface area contributed by atoms with E-state index >= 15 is 0 Å². The van der Waals surface area contributed by atoms with E-state index in [1.165, 1.54) is 36.7 Å². The lowest BCUT2D eigenvalue weighted by molar-refractivity contribution is 0.102. The van der Waals surface area contributed by atoms with Crippen LogP contribution in [0.1, 0.15) is 10.4 Å². The van der Waals surface area contributed by atoms with Crippen molar-refractivity contribution in [3.63, 3.8) is 0 Å². The van der Waals surface area contributed by atoms with Crippen LogP contribution in [0.15, 0.2) is 41.1 Å². The van der Waals surface area contributed by atoms with Crippen LogP contribution in [-0.4, -0.2) is 10.9 Å². The van der Waals surface area contributed by atoms with Crippen LogP contribution in [0.4, 0.5) is 15.8 Å². The number of rotatable bonds is 2. The number of nitrogens with one attached hydrogen (secondary N) is 1. The molecule has 0 atom stereocenters. The molecule has 1 aromatic carbocycles. The number of nitrogens with two attached hydrogens (primary N) is 1. The zero-order valence-corrected chi connectivity index (χ0v) is 10.7. The molecule has 2 aromatic rings. The molecule has 0 unspecified atom stereocenters. The van der Waals surface area contributed by atoms with Crippen molar-refractivity contribution in [1.82, 2.24) is 4.98 Å². The maximum atomic E-state index is 12.9. The first-order valence-electron chi connectivity index (χ1n) is 5.04. The molecular formula is C12H9BrFN3O. The van der Waals surface area contributed by atoms with Gasteiger partial charge in [-0.05, 0) is 40.2 Å². The number of nitrogen functional groups attached to an aromatic ring is 1. The molecule has 6 heteroatoms. The minimum Gasteiger partial charge on any atom is -0.398 e. The number of hydrogen-bond donors (Lipinski definition) is 2. The lowest BCUT2D eigenvalue weighted by Crippen LogP contribution is -2.14. The van der Waals surface area contributed by atoms with E-state index in [0.29, 0.717) is 15.8 Å². The second kappa shape index (κ2) is 5.14. The molecule has 0 saturated heterocycles. The maximum absolute atomic E-state index is 12.9. The Morgan fingerprint density at radius 2 is 2.17 bits per heavy atom. The molecule has 2 rings (SSSR count). The summed E-state index contributed by atoms with van der Waals surface area (Å²) in [6.07, 6.45) is 2.88. The number of halogens is 2. The molecule has 1 heterocycles. The first-order valence-corrected chi connectivity index (χ1v) is 5.83. The molecule has 0 aliphatic rings.